The molecule has 0 aromatic carbocycles. The molecule has 10 heteroatoms. The molecule has 0 aliphatic heterocycles. The number of hydrogen-bond acceptors (Lipinski definition) is 3. The van der Waals surface area contributed by atoms with Crippen LogP contribution in [0.4, 0.5) is 32.2 Å². The summed E-state index contributed by atoms with van der Waals surface area (Å²) in [5, 5.41) is 3.79. The van der Waals surface area contributed by atoms with Crippen molar-refractivity contribution in [2.24, 2.45) is 4.99 Å². The van der Waals surface area contributed by atoms with E-state index in [1.165, 1.54) is 0 Å². The Balaban J connectivity index is 2.97. The maximum atomic E-state index is 12.0. The smallest absolute Gasteiger partial charge is 0.210 e. The molecule has 0 atom stereocenters. The van der Waals surface area contributed by atoms with Gasteiger partial charge in [0.2, 0.25) is 5.17 Å². The third kappa shape index (κ3) is 3.84. The van der Waals surface area contributed by atoms with Gasteiger partial charge in [-0.15, -0.1) is 10.2 Å². The Kier molecular flexibility index (Phi) is 3.60. The minimum Gasteiger partial charge on any atom is -0.210 e. The summed E-state index contributed by atoms with van der Waals surface area (Å²) < 4.78 is 71.8. The van der Waals surface area contributed by atoms with E-state index in [1.54, 1.807) is 0 Å². The molecule has 0 saturated heterocycles. The highest BCUT2D eigenvalue weighted by Crippen LogP contribution is 2.28. The Labute approximate surface area is 95.1 Å². The van der Waals surface area contributed by atoms with Crippen LogP contribution in [0.3, 0.4) is 0 Å². The molecule has 0 saturated carbocycles. The van der Waals surface area contributed by atoms with Crippen LogP contribution in [0.1, 0.15) is 5.69 Å². The molecule has 94 valence electrons. The van der Waals surface area contributed by atoms with Gasteiger partial charge >= 0.3 is 12.4 Å². The van der Waals surface area contributed by atoms with E-state index in [0.29, 0.717) is 12.1 Å². The minimum atomic E-state index is -4.88. The zero-order valence-electron chi connectivity index (χ0n) is 7.64. The highest BCUT2D eigenvalue weighted by Gasteiger charge is 2.35. The number of halogens is 7. The SMILES string of the molecule is FC(F)(F)C(Cl)=Nc1ccc(C(F)(F)F)nn1. The van der Waals surface area contributed by atoms with Gasteiger partial charge in [0.1, 0.15) is 0 Å². The predicted molar refractivity (Wildman–Crippen MR) is 46.0 cm³/mol. The summed E-state index contributed by atoms with van der Waals surface area (Å²) >= 11 is 4.76. The third-order valence-corrected chi connectivity index (χ3v) is 1.69. The van der Waals surface area contributed by atoms with E-state index in [0.717, 1.165) is 0 Å². The van der Waals surface area contributed by atoms with Gasteiger partial charge in [-0.05, 0) is 12.1 Å². The third-order valence-electron chi connectivity index (χ3n) is 1.39. The first kappa shape index (κ1) is 13.7. The fraction of sp³-hybridized carbons (Fsp3) is 0.286. The maximum absolute atomic E-state index is 12.0. The predicted octanol–water partition coefficient (Wildman–Crippen LogP) is 3.33. The molecule has 0 radical (unpaired) electrons. The Hall–Kier alpha value is -1.38. The van der Waals surface area contributed by atoms with Crippen molar-refractivity contribution in [3.05, 3.63) is 17.8 Å². The summed E-state index contributed by atoms with van der Waals surface area (Å²) in [7, 11) is 0. The number of nitrogens with zero attached hydrogens (tertiary/aromatic N) is 3. The van der Waals surface area contributed by atoms with Crippen LogP contribution in [-0.2, 0) is 6.18 Å². The van der Waals surface area contributed by atoms with Gasteiger partial charge in [0.05, 0.1) is 0 Å². The van der Waals surface area contributed by atoms with Crippen LogP contribution >= 0.6 is 11.6 Å². The summed E-state index contributed by atoms with van der Waals surface area (Å²) in [5.41, 5.74) is -1.33. The molecule has 0 aliphatic rings. The van der Waals surface area contributed by atoms with Crippen LogP contribution in [0.5, 0.6) is 0 Å². The van der Waals surface area contributed by atoms with Crippen molar-refractivity contribution >= 4 is 22.6 Å². The van der Waals surface area contributed by atoms with Crippen molar-refractivity contribution in [1.29, 1.82) is 0 Å². The summed E-state index contributed by atoms with van der Waals surface area (Å²) in [4.78, 5) is 2.77. The highest BCUT2D eigenvalue weighted by atomic mass is 35.5. The molecule has 0 aliphatic carbocycles. The lowest BCUT2D eigenvalue weighted by Gasteiger charge is -2.04. The second-order valence-corrected chi connectivity index (χ2v) is 3.03. The molecule has 1 heterocycles. The molecule has 1 rings (SSSR count). The van der Waals surface area contributed by atoms with Gasteiger partial charge in [-0.3, -0.25) is 0 Å². The number of aromatic nitrogens is 2. The molecule has 0 spiro atoms. The van der Waals surface area contributed by atoms with Crippen LogP contribution in [0, 0.1) is 0 Å². The first-order valence-corrected chi connectivity index (χ1v) is 4.21. The van der Waals surface area contributed by atoms with E-state index in [1.807, 2.05) is 0 Å². The fourth-order valence-electron chi connectivity index (χ4n) is 0.700. The van der Waals surface area contributed by atoms with Crippen molar-refractivity contribution in [2.45, 2.75) is 12.4 Å². The van der Waals surface area contributed by atoms with E-state index in [2.05, 4.69) is 15.2 Å². The lowest BCUT2D eigenvalue weighted by Crippen LogP contribution is -2.16. The molecule has 17 heavy (non-hydrogen) atoms. The molecule has 1 aromatic rings. The molecule has 0 bridgehead atoms. The standard InChI is InChI=1S/C7H2ClF6N3/c8-5(7(12,13)14)15-4-2-1-3(16-17-4)6(9,10)11/h1-2H. The van der Waals surface area contributed by atoms with Crippen molar-refractivity contribution in [1.82, 2.24) is 10.2 Å². The van der Waals surface area contributed by atoms with Crippen molar-refractivity contribution in [3.8, 4) is 0 Å². The van der Waals surface area contributed by atoms with Gasteiger partial charge in [-0.2, -0.15) is 26.3 Å². The second kappa shape index (κ2) is 4.47. The van der Waals surface area contributed by atoms with Crippen LogP contribution in [-0.4, -0.2) is 21.5 Å². The van der Waals surface area contributed by atoms with Crippen LogP contribution < -0.4 is 0 Å². The van der Waals surface area contributed by atoms with E-state index in [4.69, 9.17) is 11.6 Å². The van der Waals surface area contributed by atoms with Crippen molar-refractivity contribution in [2.75, 3.05) is 0 Å². The topological polar surface area (TPSA) is 38.1 Å². The van der Waals surface area contributed by atoms with Crippen LogP contribution in [0.2, 0.25) is 0 Å². The minimum absolute atomic E-state index is 0.451. The Morgan fingerprint density at radius 2 is 1.65 bits per heavy atom. The van der Waals surface area contributed by atoms with Crippen molar-refractivity contribution in [3.63, 3.8) is 0 Å². The van der Waals surface area contributed by atoms with E-state index < -0.39 is 29.0 Å². The normalized spacial score (nSPS) is 13.9. The first-order valence-electron chi connectivity index (χ1n) is 3.83. The second-order valence-electron chi connectivity index (χ2n) is 2.67. The van der Waals surface area contributed by atoms with Gasteiger partial charge in [0, 0.05) is 0 Å². The highest BCUT2D eigenvalue weighted by molar-refractivity contribution is 6.67. The Morgan fingerprint density at radius 3 is 2.00 bits per heavy atom. The summed E-state index contributed by atoms with van der Waals surface area (Å²) in [6.45, 7) is 0. The maximum Gasteiger partial charge on any atom is 0.444 e. The lowest BCUT2D eigenvalue weighted by atomic mass is 10.4. The van der Waals surface area contributed by atoms with Crippen molar-refractivity contribution < 1.29 is 26.3 Å². The average molecular weight is 278 g/mol. The van der Waals surface area contributed by atoms with Gasteiger partial charge in [0.15, 0.2) is 11.5 Å². The number of aliphatic imine (C=N–C) groups is 1. The number of rotatable bonds is 1. The molecule has 1 aromatic heterocycles. The zero-order valence-corrected chi connectivity index (χ0v) is 8.40. The number of hydrogen-bond donors (Lipinski definition) is 0. The molecular weight excluding hydrogens is 276 g/mol. The summed E-state index contributed by atoms with van der Waals surface area (Å²) in [5.74, 6) is -0.666. The van der Waals surface area contributed by atoms with E-state index in [9.17, 15) is 26.3 Å². The monoisotopic (exact) mass is 277 g/mol. The van der Waals surface area contributed by atoms with Gasteiger partial charge in [0.25, 0.3) is 0 Å². The summed E-state index contributed by atoms with van der Waals surface area (Å²) in [6, 6.07) is 1.08. The van der Waals surface area contributed by atoms with E-state index in [-0.39, 0.29) is 0 Å². The van der Waals surface area contributed by atoms with Gasteiger partial charge in [-0.1, -0.05) is 11.6 Å². The lowest BCUT2D eigenvalue weighted by molar-refractivity contribution is -0.141. The molecular formula is C7H2ClF6N3. The Bertz CT molecular complexity index is 421. The zero-order chi connectivity index (χ0) is 13.3. The Morgan fingerprint density at radius 1 is 1.06 bits per heavy atom. The largest absolute Gasteiger partial charge is 0.444 e. The van der Waals surface area contributed by atoms with Crippen LogP contribution in [0.15, 0.2) is 17.1 Å². The molecule has 0 N–H and O–H groups in total. The summed E-state index contributed by atoms with van der Waals surface area (Å²) in [6.07, 6.45) is -9.60. The average Bonchev–Trinajstić information content (AvgIpc) is 2.15. The molecule has 3 nitrogen and oxygen atoms in total. The first-order chi connectivity index (χ1) is 7.60. The quantitative estimate of drug-likeness (QED) is 0.583. The van der Waals surface area contributed by atoms with Gasteiger partial charge < -0.3 is 0 Å². The van der Waals surface area contributed by atoms with Gasteiger partial charge in [-0.25, -0.2) is 4.99 Å². The van der Waals surface area contributed by atoms with E-state index >= 15 is 0 Å². The molecule has 0 amide bonds. The fourth-order valence-corrected chi connectivity index (χ4v) is 0.787. The molecule has 0 fully saturated rings. The number of alkyl halides is 6. The molecule has 0 unspecified atom stereocenters. The van der Waals surface area contributed by atoms with Crippen LogP contribution in [0.25, 0.3) is 0 Å².